The minimum absolute atomic E-state index is 0.0497. The number of nitrogens with zero attached hydrogens (tertiary/aromatic N) is 1. The summed E-state index contributed by atoms with van der Waals surface area (Å²) in [6.07, 6.45) is 1.69. The molecule has 1 amide bonds. The van der Waals surface area contributed by atoms with Crippen LogP contribution >= 0.6 is 0 Å². The highest BCUT2D eigenvalue weighted by atomic mass is 16.5. The summed E-state index contributed by atoms with van der Waals surface area (Å²) in [4.78, 5) is 31.5. The molecule has 0 bridgehead atoms. The molecule has 0 aliphatic rings. The molecular weight excluding hydrogens is 342 g/mol. The molecule has 6 nitrogen and oxygen atoms in total. The van der Waals surface area contributed by atoms with Gasteiger partial charge in [-0.15, -0.1) is 0 Å². The molecule has 0 unspecified atom stereocenters. The highest BCUT2D eigenvalue weighted by Crippen LogP contribution is 2.14. The number of aromatic amines is 1. The lowest BCUT2D eigenvalue weighted by atomic mass is 10.1. The third kappa shape index (κ3) is 4.82. The third-order valence-electron chi connectivity index (χ3n) is 3.85. The number of pyridine rings is 2. The summed E-state index contributed by atoms with van der Waals surface area (Å²) >= 11 is 0. The monoisotopic (exact) mass is 363 g/mol. The fraction of sp³-hybridized carbons (Fsp3) is 0.190. The SMILES string of the molecule is CC(C)Oc1ccc(CNC(=O)c2ccc(-c3ccccc3)[nH]c2=O)cn1. The maximum Gasteiger partial charge on any atom is 0.261 e. The molecule has 3 rings (SSSR count). The van der Waals surface area contributed by atoms with Gasteiger partial charge in [-0.05, 0) is 37.1 Å². The summed E-state index contributed by atoms with van der Waals surface area (Å²) in [5, 5.41) is 2.74. The van der Waals surface area contributed by atoms with Crippen LogP contribution in [0.4, 0.5) is 0 Å². The Bertz CT molecular complexity index is 964. The number of carbonyl (C=O) groups excluding carboxylic acids is 1. The molecule has 2 heterocycles. The van der Waals surface area contributed by atoms with Gasteiger partial charge in [-0.25, -0.2) is 4.98 Å². The van der Waals surface area contributed by atoms with E-state index in [1.807, 2.05) is 50.2 Å². The second kappa shape index (κ2) is 8.31. The normalized spacial score (nSPS) is 10.6. The molecule has 0 atom stereocenters. The topological polar surface area (TPSA) is 84.1 Å². The number of hydrogen-bond acceptors (Lipinski definition) is 4. The van der Waals surface area contributed by atoms with Crippen LogP contribution in [0.5, 0.6) is 5.88 Å². The summed E-state index contributed by atoms with van der Waals surface area (Å²) in [6, 6.07) is 16.3. The maximum absolute atomic E-state index is 12.3. The zero-order chi connectivity index (χ0) is 19.2. The largest absolute Gasteiger partial charge is 0.475 e. The van der Waals surface area contributed by atoms with Crippen molar-refractivity contribution in [2.75, 3.05) is 0 Å². The number of amides is 1. The van der Waals surface area contributed by atoms with Gasteiger partial charge in [0.25, 0.3) is 11.5 Å². The van der Waals surface area contributed by atoms with Crippen molar-refractivity contribution < 1.29 is 9.53 Å². The molecule has 0 saturated heterocycles. The Morgan fingerprint density at radius 3 is 2.52 bits per heavy atom. The first-order valence-corrected chi connectivity index (χ1v) is 8.71. The summed E-state index contributed by atoms with van der Waals surface area (Å²) in [5.74, 6) is 0.103. The third-order valence-corrected chi connectivity index (χ3v) is 3.85. The molecule has 0 saturated carbocycles. The van der Waals surface area contributed by atoms with E-state index in [2.05, 4.69) is 15.3 Å². The van der Waals surface area contributed by atoms with Crippen LogP contribution in [0.3, 0.4) is 0 Å². The molecule has 27 heavy (non-hydrogen) atoms. The van der Waals surface area contributed by atoms with Crippen molar-refractivity contribution in [3.63, 3.8) is 0 Å². The quantitative estimate of drug-likeness (QED) is 0.705. The van der Waals surface area contributed by atoms with Crippen molar-refractivity contribution in [1.82, 2.24) is 15.3 Å². The zero-order valence-electron chi connectivity index (χ0n) is 15.2. The van der Waals surface area contributed by atoms with Crippen LogP contribution in [0.25, 0.3) is 11.3 Å². The van der Waals surface area contributed by atoms with Gasteiger partial charge in [0.05, 0.1) is 6.10 Å². The smallest absolute Gasteiger partial charge is 0.261 e. The molecule has 0 spiro atoms. The van der Waals surface area contributed by atoms with Gasteiger partial charge in [0.2, 0.25) is 5.88 Å². The van der Waals surface area contributed by atoms with E-state index in [9.17, 15) is 9.59 Å². The second-order valence-corrected chi connectivity index (χ2v) is 6.33. The average molecular weight is 363 g/mol. The van der Waals surface area contributed by atoms with Gasteiger partial charge in [0.1, 0.15) is 5.56 Å². The highest BCUT2D eigenvalue weighted by Gasteiger charge is 2.11. The van der Waals surface area contributed by atoms with E-state index in [1.165, 1.54) is 6.07 Å². The molecule has 2 aromatic heterocycles. The zero-order valence-corrected chi connectivity index (χ0v) is 15.2. The molecule has 0 aliphatic carbocycles. The molecule has 3 aromatic rings. The second-order valence-electron chi connectivity index (χ2n) is 6.33. The Labute approximate surface area is 157 Å². The fourth-order valence-electron chi connectivity index (χ4n) is 2.54. The first kappa shape index (κ1) is 18.4. The van der Waals surface area contributed by atoms with Crippen molar-refractivity contribution in [1.29, 1.82) is 0 Å². The van der Waals surface area contributed by atoms with Crippen LogP contribution < -0.4 is 15.6 Å². The van der Waals surface area contributed by atoms with Crippen LogP contribution in [-0.2, 0) is 6.54 Å². The van der Waals surface area contributed by atoms with E-state index in [-0.39, 0.29) is 18.2 Å². The first-order chi connectivity index (χ1) is 13.0. The Morgan fingerprint density at radius 2 is 1.89 bits per heavy atom. The van der Waals surface area contributed by atoms with Gasteiger partial charge in [0, 0.05) is 24.5 Å². The summed E-state index contributed by atoms with van der Waals surface area (Å²) in [5.41, 5.74) is 2.02. The predicted molar refractivity (Wildman–Crippen MR) is 104 cm³/mol. The van der Waals surface area contributed by atoms with E-state index < -0.39 is 11.5 Å². The van der Waals surface area contributed by atoms with Crippen molar-refractivity contribution in [2.24, 2.45) is 0 Å². The molecule has 138 valence electrons. The number of H-pyrrole nitrogens is 1. The summed E-state index contributed by atoms with van der Waals surface area (Å²) in [6.45, 7) is 4.13. The Morgan fingerprint density at radius 1 is 1.11 bits per heavy atom. The molecule has 2 N–H and O–H groups in total. The summed E-state index contributed by atoms with van der Waals surface area (Å²) in [7, 11) is 0. The number of nitrogens with one attached hydrogen (secondary N) is 2. The predicted octanol–water partition coefficient (Wildman–Crippen LogP) is 3.15. The minimum atomic E-state index is -0.432. The van der Waals surface area contributed by atoms with Crippen LogP contribution in [-0.4, -0.2) is 22.0 Å². The van der Waals surface area contributed by atoms with E-state index in [4.69, 9.17) is 4.74 Å². The van der Waals surface area contributed by atoms with Crippen molar-refractivity contribution in [2.45, 2.75) is 26.5 Å². The van der Waals surface area contributed by atoms with Gasteiger partial charge in [0.15, 0.2) is 0 Å². The minimum Gasteiger partial charge on any atom is -0.475 e. The number of hydrogen-bond donors (Lipinski definition) is 2. The highest BCUT2D eigenvalue weighted by molar-refractivity contribution is 5.94. The average Bonchev–Trinajstić information content (AvgIpc) is 2.67. The summed E-state index contributed by atoms with van der Waals surface area (Å²) < 4.78 is 5.48. The van der Waals surface area contributed by atoms with E-state index in [0.29, 0.717) is 11.6 Å². The molecular formula is C21H21N3O3. The fourth-order valence-corrected chi connectivity index (χ4v) is 2.54. The van der Waals surface area contributed by atoms with Crippen LogP contribution in [0.1, 0.15) is 29.8 Å². The molecule has 0 aliphatic heterocycles. The standard InChI is InChI=1S/C21H21N3O3/c1-14(2)27-19-11-8-15(12-22-19)13-23-20(25)17-9-10-18(24-21(17)26)16-6-4-3-5-7-16/h3-12,14H,13H2,1-2H3,(H,23,25)(H,24,26). The number of ether oxygens (including phenoxy) is 1. The lowest BCUT2D eigenvalue weighted by molar-refractivity contribution is 0.0949. The Hall–Kier alpha value is -3.41. The number of aromatic nitrogens is 2. The first-order valence-electron chi connectivity index (χ1n) is 8.71. The van der Waals surface area contributed by atoms with Gasteiger partial charge >= 0.3 is 0 Å². The lowest BCUT2D eigenvalue weighted by Crippen LogP contribution is -2.29. The van der Waals surface area contributed by atoms with Crippen molar-refractivity contribution in [3.05, 3.63) is 82.3 Å². The van der Waals surface area contributed by atoms with Crippen molar-refractivity contribution >= 4 is 5.91 Å². The maximum atomic E-state index is 12.3. The van der Waals surface area contributed by atoms with Gasteiger partial charge < -0.3 is 15.0 Å². The number of benzene rings is 1. The molecule has 1 aromatic carbocycles. The van der Waals surface area contributed by atoms with Gasteiger partial charge in [-0.2, -0.15) is 0 Å². The number of carbonyl (C=O) groups is 1. The molecule has 0 fully saturated rings. The van der Waals surface area contributed by atoms with Crippen molar-refractivity contribution in [3.8, 4) is 17.1 Å². The van der Waals surface area contributed by atoms with E-state index in [0.717, 1.165) is 11.1 Å². The lowest BCUT2D eigenvalue weighted by Gasteiger charge is -2.09. The van der Waals surface area contributed by atoms with E-state index >= 15 is 0 Å². The molecule has 0 radical (unpaired) electrons. The molecule has 6 heteroatoms. The van der Waals surface area contributed by atoms with Gasteiger partial charge in [-0.1, -0.05) is 36.4 Å². The van der Waals surface area contributed by atoms with Crippen LogP contribution in [0.15, 0.2) is 65.6 Å². The Balaban J connectivity index is 1.65. The van der Waals surface area contributed by atoms with Gasteiger partial charge in [-0.3, -0.25) is 9.59 Å². The Kier molecular flexibility index (Phi) is 5.66. The van der Waals surface area contributed by atoms with Crippen LogP contribution in [0.2, 0.25) is 0 Å². The van der Waals surface area contributed by atoms with E-state index in [1.54, 1.807) is 18.3 Å². The van der Waals surface area contributed by atoms with Crippen LogP contribution in [0, 0.1) is 0 Å². The number of rotatable bonds is 6.